The number of anilines is 1. The lowest BCUT2D eigenvalue weighted by Gasteiger charge is -2.46. The number of carbonyl (C=O) groups excluding carboxylic acids is 2. The van der Waals surface area contributed by atoms with E-state index in [0.717, 1.165) is 40.7 Å². The Morgan fingerprint density at radius 2 is 1.91 bits per heavy atom. The van der Waals surface area contributed by atoms with E-state index in [0.29, 0.717) is 19.7 Å². The summed E-state index contributed by atoms with van der Waals surface area (Å²) in [5, 5.41) is 4.20. The van der Waals surface area contributed by atoms with E-state index in [1.165, 1.54) is 5.56 Å². The van der Waals surface area contributed by atoms with Gasteiger partial charge in [-0.05, 0) is 50.5 Å². The Hall–Kier alpha value is -3.32. The molecule has 7 heteroatoms. The second kappa shape index (κ2) is 9.14. The number of carbonyl (C=O) groups is 2. The van der Waals surface area contributed by atoms with Crippen LogP contribution in [0.15, 0.2) is 48.5 Å². The first kappa shape index (κ1) is 22.5. The summed E-state index contributed by atoms with van der Waals surface area (Å²) in [6.07, 6.45) is 1.50. The maximum absolute atomic E-state index is 13.4. The van der Waals surface area contributed by atoms with Crippen molar-refractivity contribution in [3.63, 3.8) is 0 Å². The Balaban J connectivity index is 1.48. The van der Waals surface area contributed by atoms with Crippen LogP contribution in [0.3, 0.4) is 0 Å². The van der Waals surface area contributed by atoms with Crippen molar-refractivity contribution < 1.29 is 14.3 Å². The minimum Gasteiger partial charge on any atom is -0.379 e. The van der Waals surface area contributed by atoms with Crippen molar-refractivity contribution in [3.8, 4) is 0 Å². The molecule has 1 atom stereocenters. The zero-order valence-corrected chi connectivity index (χ0v) is 20.1. The SMILES string of the molecule is CC(C)OCCCNC(=O)Cn1c2c(c3ccccc31)CCN1C(=O)c3ccccc3N(C)C21. The maximum atomic E-state index is 13.4. The van der Waals surface area contributed by atoms with E-state index < -0.39 is 0 Å². The van der Waals surface area contributed by atoms with E-state index in [-0.39, 0.29) is 30.6 Å². The minimum absolute atomic E-state index is 0.0320. The van der Waals surface area contributed by atoms with E-state index in [1.807, 2.05) is 62.2 Å². The molecule has 0 aliphatic carbocycles. The third-order valence-electron chi connectivity index (χ3n) is 6.80. The number of nitrogens with one attached hydrogen (secondary N) is 1. The van der Waals surface area contributed by atoms with Gasteiger partial charge in [0.15, 0.2) is 0 Å². The van der Waals surface area contributed by atoms with Crippen LogP contribution in [-0.4, -0.2) is 54.1 Å². The first-order valence-corrected chi connectivity index (χ1v) is 12.1. The summed E-state index contributed by atoms with van der Waals surface area (Å²) in [5.74, 6) is 0.0196. The van der Waals surface area contributed by atoms with Crippen LogP contribution < -0.4 is 10.2 Å². The van der Waals surface area contributed by atoms with Crippen LogP contribution in [0.25, 0.3) is 10.9 Å². The third-order valence-corrected chi connectivity index (χ3v) is 6.80. The van der Waals surface area contributed by atoms with Gasteiger partial charge in [-0.15, -0.1) is 0 Å². The molecule has 0 saturated carbocycles. The van der Waals surface area contributed by atoms with Gasteiger partial charge in [0.25, 0.3) is 5.91 Å². The summed E-state index contributed by atoms with van der Waals surface area (Å²) in [7, 11) is 2.04. The van der Waals surface area contributed by atoms with Crippen LogP contribution in [0.1, 0.15) is 48.0 Å². The van der Waals surface area contributed by atoms with Gasteiger partial charge in [0.05, 0.1) is 23.0 Å². The van der Waals surface area contributed by atoms with Crippen LogP contribution in [0.2, 0.25) is 0 Å². The Labute approximate surface area is 200 Å². The Morgan fingerprint density at radius 1 is 1.15 bits per heavy atom. The number of aromatic nitrogens is 1. The Kier molecular flexibility index (Phi) is 6.04. The molecule has 2 aromatic carbocycles. The molecule has 1 aromatic heterocycles. The molecular formula is C27H32N4O3. The summed E-state index contributed by atoms with van der Waals surface area (Å²) < 4.78 is 7.68. The molecule has 3 heterocycles. The number of amides is 2. The number of para-hydroxylation sites is 2. The molecule has 1 N–H and O–H groups in total. The van der Waals surface area contributed by atoms with E-state index in [9.17, 15) is 9.59 Å². The molecular weight excluding hydrogens is 428 g/mol. The molecule has 0 radical (unpaired) electrons. The number of ether oxygens (including phenoxy) is 1. The monoisotopic (exact) mass is 460 g/mol. The molecule has 2 aliphatic rings. The van der Waals surface area contributed by atoms with Gasteiger partial charge in [-0.25, -0.2) is 0 Å². The van der Waals surface area contributed by atoms with Crippen LogP contribution >= 0.6 is 0 Å². The number of nitrogens with zero attached hydrogens (tertiary/aromatic N) is 3. The first-order valence-electron chi connectivity index (χ1n) is 12.1. The topological polar surface area (TPSA) is 66.8 Å². The smallest absolute Gasteiger partial charge is 0.257 e. The predicted octanol–water partition coefficient (Wildman–Crippen LogP) is 3.72. The lowest BCUT2D eigenvalue weighted by Crippen LogP contribution is -2.51. The quantitative estimate of drug-likeness (QED) is 0.546. The van der Waals surface area contributed by atoms with E-state index in [1.54, 1.807) is 0 Å². The average Bonchev–Trinajstić information content (AvgIpc) is 3.15. The van der Waals surface area contributed by atoms with Crippen molar-refractivity contribution in [1.29, 1.82) is 0 Å². The molecule has 0 saturated heterocycles. The Morgan fingerprint density at radius 3 is 2.74 bits per heavy atom. The van der Waals surface area contributed by atoms with Crippen molar-refractivity contribution in [1.82, 2.24) is 14.8 Å². The fourth-order valence-corrected chi connectivity index (χ4v) is 5.30. The number of fused-ring (bicyclic) bond motifs is 6. The maximum Gasteiger partial charge on any atom is 0.257 e. The van der Waals surface area contributed by atoms with E-state index >= 15 is 0 Å². The summed E-state index contributed by atoms with van der Waals surface area (Å²) >= 11 is 0. The Bertz CT molecular complexity index is 1230. The predicted molar refractivity (Wildman–Crippen MR) is 133 cm³/mol. The standard InChI is InChI=1S/C27H32N4O3/c1-18(2)34-16-8-14-28-24(32)17-31-23-12-7-4-9-19(23)20-13-15-30-26(25(20)31)29(3)22-11-6-5-10-21(22)27(30)33/h4-7,9-12,18,26H,8,13-17H2,1-3H3,(H,28,32). The molecule has 34 heavy (non-hydrogen) atoms. The van der Waals surface area contributed by atoms with Gasteiger partial charge < -0.3 is 24.4 Å². The number of benzene rings is 2. The van der Waals surface area contributed by atoms with Gasteiger partial charge in [-0.2, -0.15) is 0 Å². The van der Waals surface area contributed by atoms with Crippen LogP contribution in [0, 0.1) is 0 Å². The van der Waals surface area contributed by atoms with Gasteiger partial charge >= 0.3 is 0 Å². The highest BCUT2D eigenvalue weighted by molar-refractivity contribution is 6.02. The molecule has 2 amide bonds. The molecule has 178 valence electrons. The lowest BCUT2D eigenvalue weighted by atomic mass is 9.96. The van der Waals surface area contributed by atoms with Crippen molar-refractivity contribution in [2.45, 2.75) is 45.5 Å². The lowest BCUT2D eigenvalue weighted by molar-refractivity contribution is -0.121. The molecule has 0 spiro atoms. The highest BCUT2D eigenvalue weighted by Gasteiger charge is 2.42. The molecule has 1 unspecified atom stereocenters. The van der Waals surface area contributed by atoms with Crippen molar-refractivity contribution in [2.75, 3.05) is 31.6 Å². The van der Waals surface area contributed by atoms with Crippen molar-refractivity contribution in [2.24, 2.45) is 0 Å². The fourth-order valence-electron chi connectivity index (χ4n) is 5.30. The van der Waals surface area contributed by atoms with Gasteiger partial charge in [0, 0.05) is 37.6 Å². The number of rotatable bonds is 7. The summed E-state index contributed by atoms with van der Waals surface area (Å²) in [6.45, 7) is 6.10. The zero-order valence-electron chi connectivity index (χ0n) is 20.1. The summed E-state index contributed by atoms with van der Waals surface area (Å²) in [6, 6.07) is 16.0. The second-order valence-electron chi connectivity index (χ2n) is 9.34. The molecule has 5 rings (SSSR count). The summed E-state index contributed by atoms with van der Waals surface area (Å²) in [5.41, 5.74) is 4.96. The highest BCUT2D eigenvalue weighted by Crippen LogP contribution is 2.44. The fraction of sp³-hybridized carbons (Fsp3) is 0.407. The summed E-state index contributed by atoms with van der Waals surface area (Å²) in [4.78, 5) is 30.5. The number of hydrogen-bond acceptors (Lipinski definition) is 4. The average molecular weight is 461 g/mol. The molecule has 7 nitrogen and oxygen atoms in total. The largest absolute Gasteiger partial charge is 0.379 e. The van der Waals surface area contributed by atoms with Gasteiger partial charge in [-0.3, -0.25) is 9.59 Å². The molecule has 0 fully saturated rings. The van der Waals surface area contributed by atoms with E-state index in [4.69, 9.17) is 4.74 Å². The number of hydrogen-bond donors (Lipinski definition) is 1. The van der Waals surface area contributed by atoms with Crippen LogP contribution in [0.4, 0.5) is 5.69 Å². The van der Waals surface area contributed by atoms with E-state index in [2.05, 4.69) is 26.9 Å². The molecule has 0 bridgehead atoms. The van der Waals surface area contributed by atoms with Gasteiger partial charge in [0.2, 0.25) is 5.91 Å². The second-order valence-corrected chi connectivity index (χ2v) is 9.34. The third kappa shape index (κ3) is 3.84. The minimum atomic E-state index is -0.245. The highest BCUT2D eigenvalue weighted by atomic mass is 16.5. The zero-order chi connectivity index (χ0) is 23.8. The molecule has 3 aromatic rings. The molecule has 2 aliphatic heterocycles. The first-order chi connectivity index (χ1) is 16.5. The van der Waals surface area contributed by atoms with Crippen LogP contribution in [-0.2, 0) is 22.5 Å². The van der Waals surface area contributed by atoms with Crippen molar-refractivity contribution in [3.05, 3.63) is 65.4 Å². The van der Waals surface area contributed by atoms with Crippen molar-refractivity contribution >= 4 is 28.4 Å². The van der Waals surface area contributed by atoms with Crippen LogP contribution in [0.5, 0.6) is 0 Å². The normalized spacial score (nSPS) is 17.1. The van der Waals surface area contributed by atoms with Gasteiger partial charge in [-0.1, -0.05) is 30.3 Å². The van der Waals surface area contributed by atoms with Gasteiger partial charge in [0.1, 0.15) is 12.7 Å².